The summed E-state index contributed by atoms with van der Waals surface area (Å²) in [5.74, 6) is 0. The predicted molar refractivity (Wildman–Crippen MR) is 164 cm³/mol. The lowest BCUT2D eigenvalue weighted by molar-refractivity contribution is 1.14. The van der Waals surface area contributed by atoms with Gasteiger partial charge < -0.3 is 4.57 Å². The van der Waals surface area contributed by atoms with Gasteiger partial charge in [0.05, 0.1) is 49.7 Å². The van der Waals surface area contributed by atoms with Crippen molar-refractivity contribution in [2.75, 3.05) is 0 Å². The molecule has 0 radical (unpaired) electrons. The second kappa shape index (κ2) is 9.22. The zero-order valence-electron chi connectivity index (χ0n) is 21.3. The van der Waals surface area contributed by atoms with E-state index in [0.29, 0.717) is 0 Å². The fourth-order valence-corrected chi connectivity index (χ4v) is 6.48. The van der Waals surface area contributed by atoms with Crippen molar-refractivity contribution in [3.63, 3.8) is 0 Å². The van der Waals surface area contributed by atoms with Crippen molar-refractivity contribution in [1.29, 1.82) is 0 Å². The molecule has 3 aromatic carbocycles. The Morgan fingerprint density at radius 2 is 1.23 bits per heavy atom. The standard InChI is InChI=1S/C34H21N5S/c1-2-10-22(11-3-1)34-38-27-16-17-31-32(33(27)40-34)24-12-4-5-15-30(24)39(31)23-20-28(25-13-6-8-18-35-25)37-29(21-23)26-14-7-9-19-36-26/h1-21H. The number of rotatable bonds is 4. The van der Waals surface area contributed by atoms with Crippen LogP contribution in [0.15, 0.2) is 128 Å². The van der Waals surface area contributed by atoms with Gasteiger partial charge in [0.25, 0.3) is 0 Å². The molecule has 0 bridgehead atoms. The minimum atomic E-state index is 0.801. The van der Waals surface area contributed by atoms with Crippen LogP contribution in [0, 0.1) is 0 Å². The van der Waals surface area contributed by atoms with Gasteiger partial charge in [0.15, 0.2) is 0 Å². The minimum Gasteiger partial charge on any atom is -0.309 e. The van der Waals surface area contributed by atoms with Crippen LogP contribution in [0.5, 0.6) is 0 Å². The van der Waals surface area contributed by atoms with E-state index in [1.54, 1.807) is 23.7 Å². The van der Waals surface area contributed by atoms with Gasteiger partial charge in [-0.3, -0.25) is 9.97 Å². The number of benzene rings is 3. The van der Waals surface area contributed by atoms with E-state index < -0.39 is 0 Å². The number of hydrogen-bond acceptors (Lipinski definition) is 5. The molecule has 0 N–H and O–H groups in total. The lowest BCUT2D eigenvalue weighted by Crippen LogP contribution is -1.99. The number of fused-ring (bicyclic) bond motifs is 5. The Morgan fingerprint density at radius 3 is 1.93 bits per heavy atom. The average molecular weight is 532 g/mol. The first-order valence-electron chi connectivity index (χ1n) is 13.1. The highest BCUT2D eigenvalue weighted by molar-refractivity contribution is 7.22. The highest BCUT2D eigenvalue weighted by atomic mass is 32.1. The third-order valence-corrected chi connectivity index (χ3v) is 8.27. The van der Waals surface area contributed by atoms with E-state index in [9.17, 15) is 0 Å². The van der Waals surface area contributed by atoms with Crippen molar-refractivity contribution in [2.24, 2.45) is 0 Å². The number of aromatic nitrogens is 5. The van der Waals surface area contributed by atoms with E-state index >= 15 is 0 Å². The quantitative estimate of drug-likeness (QED) is 0.228. The van der Waals surface area contributed by atoms with Crippen LogP contribution in [0.3, 0.4) is 0 Å². The maximum absolute atomic E-state index is 5.01. The monoisotopic (exact) mass is 531 g/mol. The number of nitrogens with zero attached hydrogens (tertiary/aromatic N) is 5. The van der Waals surface area contributed by atoms with Gasteiger partial charge in [-0.15, -0.1) is 11.3 Å². The van der Waals surface area contributed by atoms with E-state index in [4.69, 9.17) is 9.97 Å². The van der Waals surface area contributed by atoms with Crippen molar-refractivity contribution in [2.45, 2.75) is 0 Å². The largest absolute Gasteiger partial charge is 0.309 e. The Morgan fingerprint density at radius 1 is 0.550 bits per heavy atom. The van der Waals surface area contributed by atoms with Crippen molar-refractivity contribution < 1.29 is 0 Å². The van der Waals surface area contributed by atoms with Gasteiger partial charge >= 0.3 is 0 Å². The Bertz CT molecular complexity index is 2090. The molecular formula is C34H21N5S. The van der Waals surface area contributed by atoms with E-state index in [2.05, 4.69) is 87.3 Å². The molecule has 5 nitrogen and oxygen atoms in total. The summed E-state index contributed by atoms with van der Waals surface area (Å²) in [4.78, 5) is 19.2. The van der Waals surface area contributed by atoms with Crippen LogP contribution in [0.4, 0.5) is 0 Å². The van der Waals surface area contributed by atoms with E-state index in [1.165, 1.54) is 15.5 Å². The van der Waals surface area contributed by atoms with Gasteiger partial charge in [-0.1, -0.05) is 60.7 Å². The highest BCUT2D eigenvalue weighted by Crippen LogP contribution is 2.41. The molecule has 5 heterocycles. The Kier molecular flexibility index (Phi) is 5.24. The van der Waals surface area contributed by atoms with E-state index in [0.717, 1.165) is 55.6 Å². The molecule has 0 unspecified atom stereocenters. The molecule has 0 spiro atoms. The molecule has 0 aliphatic carbocycles. The summed E-state index contributed by atoms with van der Waals surface area (Å²) in [7, 11) is 0. The molecule has 6 heteroatoms. The molecule has 8 aromatic rings. The molecule has 0 atom stereocenters. The van der Waals surface area contributed by atoms with Gasteiger partial charge in [-0.2, -0.15) is 0 Å². The van der Waals surface area contributed by atoms with Gasteiger partial charge in [-0.25, -0.2) is 9.97 Å². The van der Waals surface area contributed by atoms with Crippen LogP contribution in [0.25, 0.3) is 71.1 Å². The Hall–Kier alpha value is -5.20. The fraction of sp³-hybridized carbons (Fsp3) is 0. The molecule has 8 rings (SSSR count). The first-order chi connectivity index (χ1) is 19.8. The number of pyridine rings is 3. The second-order valence-corrected chi connectivity index (χ2v) is 10.6. The van der Waals surface area contributed by atoms with Gasteiger partial charge in [-0.05, 0) is 54.6 Å². The molecule has 0 aliphatic heterocycles. The second-order valence-electron chi connectivity index (χ2n) is 9.57. The summed E-state index contributed by atoms with van der Waals surface area (Å²) in [6.45, 7) is 0. The summed E-state index contributed by atoms with van der Waals surface area (Å²) in [5, 5.41) is 3.43. The molecule has 0 aliphatic rings. The van der Waals surface area contributed by atoms with Crippen LogP contribution in [0.2, 0.25) is 0 Å². The van der Waals surface area contributed by atoms with Crippen LogP contribution in [-0.2, 0) is 0 Å². The topological polar surface area (TPSA) is 56.5 Å². The first kappa shape index (κ1) is 22.8. The third kappa shape index (κ3) is 3.69. The van der Waals surface area contributed by atoms with Crippen LogP contribution < -0.4 is 0 Å². The molecule has 40 heavy (non-hydrogen) atoms. The Labute approximate surface area is 234 Å². The molecule has 0 fully saturated rings. The zero-order chi connectivity index (χ0) is 26.5. The van der Waals surface area contributed by atoms with Gasteiger partial charge in [0.2, 0.25) is 0 Å². The lowest BCUT2D eigenvalue weighted by atomic mass is 10.1. The smallest absolute Gasteiger partial charge is 0.124 e. The number of para-hydroxylation sites is 1. The van der Waals surface area contributed by atoms with Crippen LogP contribution in [0.1, 0.15) is 0 Å². The zero-order valence-corrected chi connectivity index (χ0v) is 22.1. The molecule has 188 valence electrons. The summed E-state index contributed by atoms with van der Waals surface area (Å²) in [6, 6.07) is 39.3. The van der Waals surface area contributed by atoms with Crippen molar-refractivity contribution >= 4 is 43.4 Å². The summed E-state index contributed by atoms with van der Waals surface area (Å²) < 4.78 is 3.52. The molecule has 5 aromatic heterocycles. The van der Waals surface area contributed by atoms with Crippen LogP contribution in [-0.4, -0.2) is 24.5 Å². The third-order valence-electron chi connectivity index (χ3n) is 7.13. The Balaban J connectivity index is 1.43. The first-order valence-corrected chi connectivity index (χ1v) is 13.9. The summed E-state index contributed by atoms with van der Waals surface area (Å²) in [6.07, 6.45) is 3.60. The molecular weight excluding hydrogens is 510 g/mol. The average Bonchev–Trinajstić information content (AvgIpc) is 3.62. The maximum Gasteiger partial charge on any atom is 0.124 e. The van der Waals surface area contributed by atoms with Gasteiger partial charge in [0.1, 0.15) is 5.01 Å². The predicted octanol–water partition coefficient (Wildman–Crippen LogP) is 8.58. The molecule has 0 amide bonds. The number of hydrogen-bond donors (Lipinski definition) is 0. The lowest BCUT2D eigenvalue weighted by Gasteiger charge is -2.12. The van der Waals surface area contributed by atoms with Gasteiger partial charge in [0, 0.05) is 28.7 Å². The van der Waals surface area contributed by atoms with Crippen LogP contribution >= 0.6 is 11.3 Å². The fourth-order valence-electron chi connectivity index (χ4n) is 5.36. The minimum absolute atomic E-state index is 0.801. The highest BCUT2D eigenvalue weighted by Gasteiger charge is 2.19. The van der Waals surface area contributed by atoms with Crippen molar-refractivity contribution in [3.8, 4) is 39.0 Å². The summed E-state index contributed by atoms with van der Waals surface area (Å²) >= 11 is 1.75. The van der Waals surface area contributed by atoms with Crippen molar-refractivity contribution in [3.05, 3.63) is 128 Å². The van der Waals surface area contributed by atoms with Crippen molar-refractivity contribution in [1.82, 2.24) is 24.5 Å². The molecule has 0 saturated heterocycles. The maximum atomic E-state index is 5.01. The van der Waals surface area contributed by atoms with E-state index in [-0.39, 0.29) is 0 Å². The normalized spacial score (nSPS) is 11.5. The number of thiazole rings is 1. The molecule has 0 saturated carbocycles. The SMILES string of the molecule is c1ccc(-c2nc3ccc4c(c5ccccc5n4-c4cc(-c5ccccn5)nc(-c5ccccn5)c4)c3s2)cc1. The van der Waals surface area contributed by atoms with E-state index in [1.807, 2.05) is 42.5 Å². The summed E-state index contributed by atoms with van der Waals surface area (Å²) in [5.41, 5.74) is 8.65.